The third kappa shape index (κ3) is 4.20. The normalized spacial score (nSPS) is 20.5. The molecule has 0 bridgehead atoms. The first kappa shape index (κ1) is 14.8. The number of carbonyl (C=O) groups is 1. The fraction of sp³-hybridized carbons (Fsp3) is 0.533. The number of likely N-dealkylation sites (tertiary alicyclic amines) is 1. The van der Waals surface area contributed by atoms with Crippen LogP contribution in [0.2, 0.25) is 10.0 Å². The Morgan fingerprint density at radius 3 is 2.89 bits per heavy atom. The van der Waals surface area contributed by atoms with E-state index >= 15 is 0 Å². The summed E-state index contributed by atoms with van der Waals surface area (Å²) in [6.07, 6.45) is 4.13. The molecule has 1 heterocycles. The van der Waals surface area contributed by atoms with Crippen LogP contribution in [0.5, 0.6) is 0 Å². The first-order valence-corrected chi connectivity index (χ1v) is 7.49. The molecule has 0 amide bonds. The zero-order valence-electron chi connectivity index (χ0n) is 11.2. The summed E-state index contributed by atoms with van der Waals surface area (Å²) >= 11 is 12.2. The Morgan fingerprint density at radius 2 is 2.16 bits per heavy atom. The molecule has 1 aliphatic heterocycles. The van der Waals surface area contributed by atoms with Gasteiger partial charge >= 0.3 is 0 Å². The van der Waals surface area contributed by atoms with Crippen molar-refractivity contribution < 1.29 is 4.79 Å². The molecule has 1 unspecified atom stereocenters. The minimum absolute atomic E-state index is 0.258. The molecule has 1 fully saturated rings. The molecular formula is C15H19Cl2NO. The van der Waals surface area contributed by atoms with Gasteiger partial charge < -0.3 is 0 Å². The molecule has 2 nitrogen and oxygen atoms in total. The first-order chi connectivity index (χ1) is 9.06. The van der Waals surface area contributed by atoms with Gasteiger partial charge in [-0.1, -0.05) is 29.6 Å². The number of carbonyl (C=O) groups excluding carboxylic acids is 1. The van der Waals surface area contributed by atoms with Crippen molar-refractivity contribution in [2.75, 3.05) is 6.54 Å². The van der Waals surface area contributed by atoms with E-state index in [1.807, 2.05) is 12.1 Å². The molecule has 1 aromatic carbocycles. The molecule has 0 aromatic heterocycles. The number of rotatable bonds is 4. The molecule has 0 saturated carbocycles. The summed E-state index contributed by atoms with van der Waals surface area (Å²) < 4.78 is 0. The van der Waals surface area contributed by atoms with Gasteiger partial charge in [0.1, 0.15) is 5.78 Å². The highest BCUT2D eigenvalue weighted by atomic mass is 35.5. The Bertz CT molecular complexity index is 461. The van der Waals surface area contributed by atoms with Gasteiger partial charge in [0.25, 0.3) is 0 Å². The average Bonchev–Trinajstić information content (AvgIpc) is 2.35. The molecule has 1 aliphatic rings. The zero-order chi connectivity index (χ0) is 13.8. The molecule has 104 valence electrons. The van der Waals surface area contributed by atoms with Crippen LogP contribution in [0.1, 0.15) is 38.2 Å². The molecule has 4 heteroatoms. The predicted octanol–water partition coefficient (Wildman–Crippen LogP) is 4.33. The standard InChI is InChI=1S/C15H19Cl2NO/c1-11(19)8-14-4-2-3-7-18(14)10-12-9-13(16)5-6-15(12)17/h5-6,9,14H,2-4,7-8,10H2,1H3. The summed E-state index contributed by atoms with van der Waals surface area (Å²) in [4.78, 5) is 13.7. The quantitative estimate of drug-likeness (QED) is 0.825. The van der Waals surface area contributed by atoms with E-state index in [2.05, 4.69) is 4.90 Å². The van der Waals surface area contributed by atoms with Gasteiger partial charge in [-0.3, -0.25) is 9.69 Å². The van der Waals surface area contributed by atoms with Crippen LogP contribution in [0, 0.1) is 0 Å². The highest BCUT2D eigenvalue weighted by Gasteiger charge is 2.24. The zero-order valence-corrected chi connectivity index (χ0v) is 12.7. The van der Waals surface area contributed by atoms with Gasteiger partial charge in [-0.05, 0) is 50.1 Å². The maximum absolute atomic E-state index is 11.4. The first-order valence-electron chi connectivity index (χ1n) is 6.73. The molecule has 1 saturated heterocycles. The Hall–Kier alpha value is -0.570. The highest BCUT2D eigenvalue weighted by Crippen LogP contribution is 2.26. The van der Waals surface area contributed by atoms with Crippen LogP contribution in [-0.2, 0) is 11.3 Å². The van der Waals surface area contributed by atoms with E-state index in [0.29, 0.717) is 17.5 Å². The third-order valence-electron chi connectivity index (χ3n) is 3.65. The van der Waals surface area contributed by atoms with Gasteiger partial charge in [0.15, 0.2) is 0 Å². The van der Waals surface area contributed by atoms with Crippen LogP contribution in [0.4, 0.5) is 0 Å². The molecule has 0 aliphatic carbocycles. The topological polar surface area (TPSA) is 20.3 Å². The lowest BCUT2D eigenvalue weighted by atomic mass is 9.97. The Balaban J connectivity index is 2.10. The second kappa shape index (κ2) is 6.74. The lowest BCUT2D eigenvalue weighted by Crippen LogP contribution is -2.40. The van der Waals surface area contributed by atoms with E-state index in [1.165, 1.54) is 12.8 Å². The van der Waals surface area contributed by atoms with Crippen molar-refractivity contribution in [2.24, 2.45) is 0 Å². The van der Waals surface area contributed by atoms with Crippen LogP contribution in [0.15, 0.2) is 18.2 Å². The van der Waals surface area contributed by atoms with Gasteiger partial charge in [-0.15, -0.1) is 0 Å². The van der Waals surface area contributed by atoms with Crippen LogP contribution in [0.3, 0.4) is 0 Å². The minimum atomic E-state index is 0.258. The van der Waals surface area contributed by atoms with Crippen molar-refractivity contribution >= 4 is 29.0 Å². The second-order valence-electron chi connectivity index (χ2n) is 5.26. The Morgan fingerprint density at radius 1 is 1.37 bits per heavy atom. The maximum Gasteiger partial charge on any atom is 0.131 e. The van der Waals surface area contributed by atoms with Gasteiger partial charge in [0, 0.05) is 29.1 Å². The summed E-state index contributed by atoms with van der Waals surface area (Å²) in [5.74, 6) is 0.258. The Labute approximate surface area is 124 Å². The molecular weight excluding hydrogens is 281 g/mol. The smallest absolute Gasteiger partial charge is 0.131 e. The van der Waals surface area contributed by atoms with E-state index < -0.39 is 0 Å². The van der Waals surface area contributed by atoms with E-state index in [0.717, 1.165) is 30.1 Å². The number of piperidine rings is 1. The summed E-state index contributed by atoms with van der Waals surface area (Å²) in [7, 11) is 0. The van der Waals surface area contributed by atoms with Crippen LogP contribution in [-0.4, -0.2) is 23.3 Å². The predicted molar refractivity (Wildman–Crippen MR) is 79.8 cm³/mol. The number of hydrogen-bond donors (Lipinski definition) is 0. The van der Waals surface area contributed by atoms with Crippen molar-refractivity contribution in [3.63, 3.8) is 0 Å². The number of ketones is 1. The maximum atomic E-state index is 11.4. The number of nitrogens with zero attached hydrogens (tertiary/aromatic N) is 1. The molecule has 0 radical (unpaired) electrons. The Kier molecular flexibility index (Phi) is 5.26. The summed E-state index contributed by atoms with van der Waals surface area (Å²) in [6, 6.07) is 5.91. The van der Waals surface area contributed by atoms with Crippen LogP contribution < -0.4 is 0 Å². The fourth-order valence-electron chi connectivity index (χ4n) is 2.71. The average molecular weight is 300 g/mol. The van der Waals surface area contributed by atoms with Crippen molar-refractivity contribution in [1.82, 2.24) is 4.90 Å². The molecule has 19 heavy (non-hydrogen) atoms. The summed E-state index contributed by atoms with van der Waals surface area (Å²) in [6.45, 7) is 3.47. The van der Waals surface area contributed by atoms with Crippen LogP contribution >= 0.6 is 23.2 Å². The second-order valence-corrected chi connectivity index (χ2v) is 6.11. The van der Waals surface area contributed by atoms with E-state index in [9.17, 15) is 4.79 Å². The SMILES string of the molecule is CC(=O)CC1CCCCN1Cc1cc(Cl)ccc1Cl. The third-order valence-corrected chi connectivity index (χ3v) is 4.26. The number of benzene rings is 1. The highest BCUT2D eigenvalue weighted by molar-refractivity contribution is 6.33. The van der Waals surface area contributed by atoms with Gasteiger partial charge in [-0.25, -0.2) is 0 Å². The van der Waals surface area contributed by atoms with E-state index in [-0.39, 0.29) is 5.78 Å². The van der Waals surface area contributed by atoms with Crippen molar-refractivity contribution in [3.8, 4) is 0 Å². The minimum Gasteiger partial charge on any atom is -0.300 e. The monoisotopic (exact) mass is 299 g/mol. The van der Waals surface area contributed by atoms with Crippen molar-refractivity contribution in [2.45, 2.75) is 45.2 Å². The molecule has 1 aromatic rings. The molecule has 2 rings (SSSR count). The lowest BCUT2D eigenvalue weighted by molar-refractivity contribution is -0.118. The number of Topliss-reactive ketones (excluding diaryl/α,β-unsaturated/α-hetero) is 1. The van der Waals surface area contributed by atoms with Gasteiger partial charge in [-0.2, -0.15) is 0 Å². The summed E-state index contributed by atoms with van der Waals surface area (Å²) in [5, 5.41) is 1.45. The fourth-order valence-corrected chi connectivity index (χ4v) is 3.09. The summed E-state index contributed by atoms with van der Waals surface area (Å²) in [5.41, 5.74) is 1.05. The number of hydrogen-bond acceptors (Lipinski definition) is 2. The van der Waals surface area contributed by atoms with Crippen molar-refractivity contribution in [3.05, 3.63) is 33.8 Å². The molecule has 0 N–H and O–H groups in total. The van der Waals surface area contributed by atoms with Gasteiger partial charge in [0.2, 0.25) is 0 Å². The largest absolute Gasteiger partial charge is 0.300 e. The molecule has 1 atom stereocenters. The van der Waals surface area contributed by atoms with E-state index in [4.69, 9.17) is 23.2 Å². The van der Waals surface area contributed by atoms with Gasteiger partial charge in [0.05, 0.1) is 0 Å². The van der Waals surface area contributed by atoms with E-state index in [1.54, 1.807) is 13.0 Å². The number of halogens is 2. The lowest BCUT2D eigenvalue weighted by Gasteiger charge is -2.35. The molecule has 0 spiro atoms. The van der Waals surface area contributed by atoms with Crippen LogP contribution in [0.25, 0.3) is 0 Å². The van der Waals surface area contributed by atoms with Crippen molar-refractivity contribution in [1.29, 1.82) is 0 Å².